The van der Waals surface area contributed by atoms with Gasteiger partial charge >= 0.3 is 0 Å². The highest BCUT2D eigenvalue weighted by Gasteiger charge is 2.21. The number of amides is 1. The topological polar surface area (TPSA) is 59.8 Å². The highest BCUT2D eigenvalue weighted by Crippen LogP contribution is 2.29. The highest BCUT2D eigenvalue weighted by molar-refractivity contribution is 7.11. The minimum absolute atomic E-state index is 0.0736. The summed E-state index contributed by atoms with van der Waals surface area (Å²) in [6.07, 6.45) is 4.69. The number of carbonyl (C=O) groups excluding carboxylic acids is 1. The lowest BCUT2D eigenvalue weighted by Gasteiger charge is -2.11. The van der Waals surface area contributed by atoms with Crippen molar-refractivity contribution in [3.63, 3.8) is 0 Å². The summed E-state index contributed by atoms with van der Waals surface area (Å²) in [5.74, 6) is 0.221. The molecule has 0 bridgehead atoms. The number of carbonyl (C=O) groups is 1. The van der Waals surface area contributed by atoms with Gasteiger partial charge in [0.05, 0.1) is 17.4 Å². The van der Waals surface area contributed by atoms with Crippen molar-refractivity contribution in [1.29, 1.82) is 0 Å². The summed E-state index contributed by atoms with van der Waals surface area (Å²) >= 11 is 1.75. The van der Waals surface area contributed by atoms with Gasteiger partial charge in [-0.2, -0.15) is 5.10 Å². The van der Waals surface area contributed by atoms with Crippen LogP contribution in [0.25, 0.3) is 0 Å². The smallest absolute Gasteiger partial charge is 0.270 e. The monoisotopic (exact) mass is 332 g/mol. The third kappa shape index (κ3) is 3.32. The molecule has 1 N–H and O–H groups in total. The van der Waals surface area contributed by atoms with Crippen LogP contribution in [0.4, 0.5) is 0 Å². The fraction of sp³-hybridized carbons (Fsp3) is 0.588. The summed E-state index contributed by atoms with van der Waals surface area (Å²) in [7, 11) is 1.81. The summed E-state index contributed by atoms with van der Waals surface area (Å²) in [5, 5.41) is 8.48. The van der Waals surface area contributed by atoms with E-state index in [2.05, 4.69) is 24.3 Å². The summed E-state index contributed by atoms with van der Waals surface area (Å²) in [5.41, 5.74) is 2.77. The molecule has 1 aliphatic carbocycles. The van der Waals surface area contributed by atoms with Crippen LogP contribution in [-0.4, -0.2) is 20.7 Å². The fourth-order valence-corrected chi connectivity index (χ4v) is 4.03. The minimum Gasteiger partial charge on any atom is -0.342 e. The largest absolute Gasteiger partial charge is 0.342 e. The third-order valence-corrected chi connectivity index (χ3v) is 5.64. The van der Waals surface area contributed by atoms with Gasteiger partial charge in [0, 0.05) is 11.9 Å². The lowest BCUT2D eigenvalue weighted by molar-refractivity contribution is 0.0930. The summed E-state index contributed by atoms with van der Waals surface area (Å²) < 4.78 is 1.66. The number of thiazole rings is 1. The van der Waals surface area contributed by atoms with E-state index in [1.54, 1.807) is 16.0 Å². The van der Waals surface area contributed by atoms with Crippen LogP contribution in [0.2, 0.25) is 0 Å². The van der Waals surface area contributed by atoms with Crippen molar-refractivity contribution in [2.75, 3.05) is 0 Å². The van der Waals surface area contributed by atoms with Crippen molar-refractivity contribution in [2.45, 2.75) is 58.4 Å². The molecule has 0 spiro atoms. The fourth-order valence-electron chi connectivity index (χ4n) is 2.87. The Kier molecular flexibility index (Phi) is 4.53. The molecule has 1 amide bonds. The van der Waals surface area contributed by atoms with E-state index in [0.717, 1.165) is 23.5 Å². The predicted octanol–water partition coefficient (Wildman–Crippen LogP) is 3.37. The molecule has 3 rings (SSSR count). The second-order valence-corrected chi connectivity index (χ2v) is 7.67. The second kappa shape index (κ2) is 6.43. The van der Waals surface area contributed by atoms with E-state index in [0.29, 0.717) is 11.6 Å². The average molecular weight is 332 g/mol. The lowest BCUT2D eigenvalue weighted by atomic mass is 10.0. The van der Waals surface area contributed by atoms with Gasteiger partial charge in [0.15, 0.2) is 0 Å². The van der Waals surface area contributed by atoms with Crippen LogP contribution in [0.5, 0.6) is 0 Å². The number of fused-ring (bicyclic) bond motifs is 1. The molecule has 5 nitrogen and oxygen atoms in total. The van der Waals surface area contributed by atoms with Crippen LogP contribution in [0, 0.1) is 0 Å². The Labute approximate surface area is 141 Å². The predicted molar refractivity (Wildman–Crippen MR) is 91.9 cm³/mol. The Balaban J connectivity index is 1.73. The Morgan fingerprint density at radius 1 is 1.30 bits per heavy atom. The van der Waals surface area contributed by atoms with Crippen molar-refractivity contribution in [1.82, 2.24) is 20.1 Å². The van der Waals surface area contributed by atoms with Gasteiger partial charge in [-0.25, -0.2) is 4.98 Å². The summed E-state index contributed by atoms with van der Waals surface area (Å²) in [6.45, 7) is 6.15. The maximum Gasteiger partial charge on any atom is 0.270 e. The van der Waals surface area contributed by atoms with E-state index in [1.165, 1.54) is 23.4 Å². The van der Waals surface area contributed by atoms with Gasteiger partial charge in [0.25, 0.3) is 5.91 Å². The molecular weight excluding hydrogens is 308 g/mol. The zero-order chi connectivity index (χ0) is 16.6. The first-order valence-electron chi connectivity index (χ1n) is 8.29. The SMILES string of the molecule is CC(C)c1cc(C(=O)N[C@H](C)c2nc3c(s2)CCCC3)n(C)n1. The molecule has 0 saturated carbocycles. The summed E-state index contributed by atoms with van der Waals surface area (Å²) in [4.78, 5) is 18.7. The molecule has 0 fully saturated rings. The second-order valence-electron chi connectivity index (χ2n) is 6.56. The van der Waals surface area contributed by atoms with Crippen molar-refractivity contribution >= 4 is 17.2 Å². The lowest BCUT2D eigenvalue weighted by Crippen LogP contribution is -2.28. The van der Waals surface area contributed by atoms with Crippen LogP contribution in [-0.2, 0) is 19.9 Å². The van der Waals surface area contributed by atoms with Crippen molar-refractivity contribution in [2.24, 2.45) is 7.05 Å². The van der Waals surface area contributed by atoms with E-state index in [4.69, 9.17) is 4.98 Å². The van der Waals surface area contributed by atoms with Gasteiger partial charge in [-0.3, -0.25) is 9.48 Å². The molecule has 1 aliphatic rings. The van der Waals surface area contributed by atoms with Crippen molar-refractivity contribution < 1.29 is 4.79 Å². The van der Waals surface area contributed by atoms with E-state index in [-0.39, 0.29) is 11.9 Å². The van der Waals surface area contributed by atoms with Gasteiger partial charge in [-0.05, 0) is 44.6 Å². The van der Waals surface area contributed by atoms with Crippen LogP contribution in [0.1, 0.15) is 77.3 Å². The van der Waals surface area contributed by atoms with E-state index >= 15 is 0 Å². The molecule has 0 aromatic carbocycles. The molecule has 0 radical (unpaired) electrons. The van der Waals surface area contributed by atoms with E-state index in [1.807, 2.05) is 20.0 Å². The number of hydrogen-bond donors (Lipinski definition) is 1. The number of aryl methyl sites for hydroxylation is 3. The van der Waals surface area contributed by atoms with Crippen LogP contribution < -0.4 is 5.32 Å². The standard InChI is InChI=1S/C17H24N4OS/c1-10(2)13-9-14(21(4)20-13)16(22)18-11(3)17-19-12-7-5-6-8-15(12)23-17/h9-11H,5-8H2,1-4H3,(H,18,22)/t11-/m1/s1. The van der Waals surface area contributed by atoms with E-state index < -0.39 is 0 Å². The number of rotatable bonds is 4. The number of hydrogen-bond acceptors (Lipinski definition) is 4. The Morgan fingerprint density at radius 2 is 2.04 bits per heavy atom. The van der Waals surface area contributed by atoms with Gasteiger partial charge in [-0.1, -0.05) is 13.8 Å². The molecule has 0 aliphatic heterocycles. The van der Waals surface area contributed by atoms with Gasteiger partial charge < -0.3 is 5.32 Å². The number of nitrogens with zero attached hydrogens (tertiary/aromatic N) is 3. The van der Waals surface area contributed by atoms with Gasteiger partial charge in [0.2, 0.25) is 0 Å². The third-order valence-electron chi connectivity index (χ3n) is 4.30. The number of nitrogens with one attached hydrogen (secondary N) is 1. The molecule has 6 heteroatoms. The van der Waals surface area contributed by atoms with Gasteiger partial charge in [-0.15, -0.1) is 11.3 Å². The zero-order valence-corrected chi connectivity index (χ0v) is 15.0. The molecule has 2 heterocycles. The highest BCUT2D eigenvalue weighted by atomic mass is 32.1. The first-order chi connectivity index (χ1) is 11.0. The Bertz CT molecular complexity index is 693. The molecule has 0 unspecified atom stereocenters. The van der Waals surface area contributed by atoms with Crippen molar-refractivity contribution in [3.05, 3.63) is 33.0 Å². The average Bonchev–Trinajstić information content (AvgIpc) is 3.10. The minimum atomic E-state index is -0.0902. The molecule has 23 heavy (non-hydrogen) atoms. The normalized spacial score (nSPS) is 15.5. The molecule has 0 saturated heterocycles. The maximum atomic E-state index is 12.5. The Morgan fingerprint density at radius 3 is 2.70 bits per heavy atom. The van der Waals surface area contributed by atoms with Crippen LogP contribution in [0.15, 0.2) is 6.07 Å². The Hall–Kier alpha value is -1.69. The molecule has 124 valence electrons. The van der Waals surface area contributed by atoms with Crippen LogP contribution >= 0.6 is 11.3 Å². The molecule has 1 atom stereocenters. The number of aromatic nitrogens is 3. The zero-order valence-electron chi connectivity index (χ0n) is 14.2. The molecule has 2 aromatic rings. The maximum absolute atomic E-state index is 12.5. The first kappa shape index (κ1) is 16.2. The van der Waals surface area contributed by atoms with E-state index in [9.17, 15) is 4.79 Å². The molecular formula is C17H24N4OS. The van der Waals surface area contributed by atoms with Crippen LogP contribution in [0.3, 0.4) is 0 Å². The van der Waals surface area contributed by atoms with Gasteiger partial charge in [0.1, 0.15) is 10.7 Å². The van der Waals surface area contributed by atoms with Crippen molar-refractivity contribution in [3.8, 4) is 0 Å². The quantitative estimate of drug-likeness (QED) is 0.934. The summed E-state index contributed by atoms with van der Waals surface area (Å²) in [6, 6.07) is 1.80. The molecule has 2 aromatic heterocycles. The first-order valence-corrected chi connectivity index (χ1v) is 9.10.